The summed E-state index contributed by atoms with van der Waals surface area (Å²) in [6.45, 7) is 10.6. The number of benzene rings is 4. The molecular formula is C40H48BN5O3. The number of methoxy groups -OCH3 is 1. The third kappa shape index (κ3) is 7.20. The monoisotopic (exact) mass is 657 g/mol. The topological polar surface area (TPSA) is 83.3 Å². The summed E-state index contributed by atoms with van der Waals surface area (Å²) in [5.41, 5.74) is 3.12. The van der Waals surface area contributed by atoms with Crippen molar-refractivity contribution in [1.82, 2.24) is 25.5 Å². The second-order valence-corrected chi connectivity index (χ2v) is 13.9. The second kappa shape index (κ2) is 14.7. The smallest absolute Gasteiger partial charge is 0.457 e. The molecule has 0 amide bonds. The molecule has 49 heavy (non-hydrogen) atoms. The lowest BCUT2D eigenvalue weighted by molar-refractivity contribution is 0.00578. The highest BCUT2D eigenvalue weighted by Gasteiger charge is 2.50. The number of unbranched alkanes of at least 4 members (excludes halogenated alkanes) is 1. The van der Waals surface area contributed by atoms with Crippen molar-refractivity contribution < 1.29 is 14.0 Å². The molecule has 1 saturated heterocycles. The normalized spacial score (nSPS) is 16.7. The van der Waals surface area contributed by atoms with E-state index in [1.54, 1.807) is 7.11 Å². The van der Waals surface area contributed by atoms with Crippen LogP contribution in [0.3, 0.4) is 0 Å². The van der Waals surface area contributed by atoms with E-state index < -0.39 is 5.54 Å². The van der Waals surface area contributed by atoms with Crippen LogP contribution >= 0.6 is 0 Å². The Bertz CT molecular complexity index is 1650. The fraction of sp³-hybridized carbons (Fsp3) is 0.375. The van der Waals surface area contributed by atoms with Gasteiger partial charge in [-0.1, -0.05) is 116 Å². The van der Waals surface area contributed by atoms with Crippen LogP contribution in [0.5, 0.6) is 5.75 Å². The molecule has 1 aromatic heterocycles. The fourth-order valence-corrected chi connectivity index (χ4v) is 6.81. The Morgan fingerprint density at radius 3 is 1.76 bits per heavy atom. The molecule has 2 heterocycles. The van der Waals surface area contributed by atoms with Crippen molar-refractivity contribution in [2.75, 3.05) is 7.11 Å². The molecule has 0 spiro atoms. The number of aromatic nitrogens is 4. The van der Waals surface area contributed by atoms with E-state index in [0.717, 1.165) is 59.4 Å². The molecule has 0 saturated carbocycles. The van der Waals surface area contributed by atoms with Gasteiger partial charge in [0.05, 0.1) is 35.9 Å². The number of rotatable bonds is 14. The van der Waals surface area contributed by atoms with E-state index >= 15 is 0 Å². The molecule has 254 valence electrons. The summed E-state index contributed by atoms with van der Waals surface area (Å²) in [6.07, 6.45) is 3.46. The lowest BCUT2D eigenvalue weighted by atomic mass is 9.76. The summed E-state index contributed by atoms with van der Waals surface area (Å²) in [6, 6.07) is 39.8. The van der Waals surface area contributed by atoms with Crippen LogP contribution in [0.15, 0.2) is 115 Å². The number of tetrazole rings is 1. The van der Waals surface area contributed by atoms with Gasteiger partial charge in [0.2, 0.25) is 0 Å². The number of hydrogen-bond acceptors (Lipinski definition) is 7. The highest BCUT2D eigenvalue weighted by molar-refractivity contribution is 6.45. The number of nitrogens with one attached hydrogen (secondary N) is 1. The fourth-order valence-electron chi connectivity index (χ4n) is 6.81. The predicted octanol–water partition coefficient (Wildman–Crippen LogP) is 8.18. The van der Waals surface area contributed by atoms with Crippen molar-refractivity contribution in [3.63, 3.8) is 0 Å². The number of ether oxygens (including phenoxy) is 1. The van der Waals surface area contributed by atoms with Gasteiger partial charge in [0, 0.05) is 0 Å². The standard InChI is InChI=1S/C40H48BN5O3/c1-30(31-25-27-35(47-6)28-26-31)46-37(43-44-45-46)36(24-16-17-29-41-48-38(2,3)39(4,5)49-41)42-40(32-18-10-7-11-19-32,33-20-12-8-13-21-33)34-22-14-9-15-23-34/h7-15,18-23,25-28,30,36,42H,16-17,24,29H2,1-6H3/t30-,36?/m1/s1. The Hall–Kier alpha value is -4.31. The summed E-state index contributed by atoms with van der Waals surface area (Å²) in [7, 11) is 1.45. The van der Waals surface area contributed by atoms with Gasteiger partial charge in [0.1, 0.15) is 5.75 Å². The minimum Gasteiger partial charge on any atom is -0.497 e. The molecule has 4 aromatic carbocycles. The first-order valence-corrected chi connectivity index (χ1v) is 17.4. The molecular weight excluding hydrogens is 609 g/mol. The van der Waals surface area contributed by atoms with Crippen LogP contribution in [-0.2, 0) is 14.8 Å². The van der Waals surface area contributed by atoms with Gasteiger partial charge in [-0.15, -0.1) is 5.10 Å². The first kappa shape index (κ1) is 34.6. The zero-order valence-electron chi connectivity index (χ0n) is 29.5. The van der Waals surface area contributed by atoms with Gasteiger partial charge in [0.25, 0.3) is 0 Å². The molecule has 0 aliphatic carbocycles. The van der Waals surface area contributed by atoms with Crippen LogP contribution in [0, 0.1) is 0 Å². The van der Waals surface area contributed by atoms with Gasteiger partial charge in [-0.05, 0) is 92.2 Å². The lowest BCUT2D eigenvalue weighted by Gasteiger charge is -2.40. The maximum absolute atomic E-state index is 6.33. The average Bonchev–Trinajstić information content (AvgIpc) is 3.69. The molecule has 9 heteroatoms. The highest BCUT2D eigenvalue weighted by Crippen LogP contribution is 2.41. The second-order valence-electron chi connectivity index (χ2n) is 13.9. The van der Waals surface area contributed by atoms with Gasteiger partial charge in [-0.3, -0.25) is 5.32 Å². The lowest BCUT2D eigenvalue weighted by Crippen LogP contribution is -2.47. The minimum atomic E-state index is -0.694. The molecule has 1 fully saturated rings. The molecule has 1 aliphatic rings. The van der Waals surface area contributed by atoms with Crippen molar-refractivity contribution in [2.24, 2.45) is 0 Å². The van der Waals surface area contributed by atoms with Crippen LogP contribution < -0.4 is 10.1 Å². The first-order chi connectivity index (χ1) is 23.6. The van der Waals surface area contributed by atoms with Gasteiger partial charge in [0.15, 0.2) is 5.82 Å². The van der Waals surface area contributed by atoms with Crippen molar-refractivity contribution in [3.05, 3.63) is 143 Å². The molecule has 6 rings (SSSR count). The van der Waals surface area contributed by atoms with Gasteiger partial charge in [-0.25, -0.2) is 4.68 Å². The maximum Gasteiger partial charge on any atom is 0.457 e. The van der Waals surface area contributed by atoms with Crippen molar-refractivity contribution in [2.45, 2.75) is 89.0 Å². The Labute approximate surface area is 291 Å². The van der Waals surface area contributed by atoms with Crippen LogP contribution in [0.4, 0.5) is 0 Å². The quantitative estimate of drug-likeness (QED) is 0.0733. The SMILES string of the molecule is COc1ccc([C@@H](C)n2nnnc2C(CCCCB2OC(C)(C)C(C)(C)O2)NC(c2ccccc2)(c2ccccc2)c2ccccc2)cc1. The molecule has 2 atom stereocenters. The van der Waals surface area contributed by atoms with Crippen LogP contribution in [-0.4, -0.2) is 45.6 Å². The molecule has 1 N–H and O–H groups in total. The number of hydrogen-bond donors (Lipinski definition) is 1. The molecule has 0 radical (unpaired) electrons. The van der Waals surface area contributed by atoms with E-state index in [1.165, 1.54) is 0 Å². The largest absolute Gasteiger partial charge is 0.497 e. The van der Waals surface area contributed by atoms with Gasteiger partial charge >= 0.3 is 7.12 Å². The van der Waals surface area contributed by atoms with E-state index in [0.29, 0.717) is 0 Å². The van der Waals surface area contributed by atoms with E-state index in [1.807, 2.05) is 16.8 Å². The summed E-state index contributed by atoms with van der Waals surface area (Å²) in [4.78, 5) is 0. The zero-order chi connectivity index (χ0) is 34.5. The summed E-state index contributed by atoms with van der Waals surface area (Å²) in [5.74, 6) is 1.60. The Morgan fingerprint density at radius 2 is 1.27 bits per heavy atom. The van der Waals surface area contributed by atoms with Crippen molar-refractivity contribution in [1.29, 1.82) is 0 Å². The van der Waals surface area contributed by atoms with E-state index in [9.17, 15) is 0 Å². The molecule has 0 bridgehead atoms. The number of nitrogens with zero attached hydrogens (tertiary/aromatic N) is 4. The van der Waals surface area contributed by atoms with E-state index in [-0.39, 0.29) is 30.4 Å². The van der Waals surface area contributed by atoms with Crippen molar-refractivity contribution in [3.8, 4) is 5.75 Å². The molecule has 5 aromatic rings. The van der Waals surface area contributed by atoms with Gasteiger partial charge in [-0.2, -0.15) is 0 Å². The Kier molecular flexibility index (Phi) is 10.3. The molecule has 1 aliphatic heterocycles. The third-order valence-electron chi connectivity index (χ3n) is 10.3. The Balaban J connectivity index is 1.39. The molecule has 8 nitrogen and oxygen atoms in total. The summed E-state index contributed by atoms with van der Waals surface area (Å²) >= 11 is 0. The van der Waals surface area contributed by atoms with Crippen LogP contribution in [0.1, 0.15) is 94.0 Å². The predicted molar refractivity (Wildman–Crippen MR) is 194 cm³/mol. The van der Waals surface area contributed by atoms with Gasteiger partial charge < -0.3 is 14.0 Å². The maximum atomic E-state index is 6.33. The third-order valence-corrected chi connectivity index (χ3v) is 10.3. The van der Waals surface area contributed by atoms with E-state index in [4.69, 9.17) is 19.1 Å². The van der Waals surface area contributed by atoms with Crippen molar-refractivity contribution >= 4 is 7.12 Å². The minimum absolute atomic E-state index is 0.107. The summed E-state index contributed by atoms with van der Waals surface area (Å²) < 4.78 is 20.0. The highest BCUT2D eigenvalue weighted by atomic mass is 16.7. The van der Waals surface area contributed by atoms with Crippen LogP contribution in [0.25, 0.3) is 0 Å². The Morgan fingerprint density at radius 1 is 0.755 bits per heavy atom. The average molecular weight is 658 g/mol. The first-order valence-electron chi connectivity index (χ1n) is 17.4. The van der Waals surface area contributed by atoms with Crippen LogP contribution in [0.2, 0.25) is 6.32 Å². The zero-order valence-corrected chi connectivity index (χ0v) is 29.5. The van der Waals surface area contributed by atoms with E-state index in [2.05, 4.69) is 153 Å². The molecule has 1 unspecified atom stereocenters. The summed E-state index contributed by atoms with van der Waals surface area (Å²) in [5, 5.41) is 17.7.